The molecule has 1 N–H and O–H groups in total. The van der Waals surface area contributed by atoms with Crippen molar-refractivity contribution in [3.8, 4) is 0 Å². The van der Waals surface area contributed by atoms with Gasteiger partial charge in [-0.3, -0.25) is 4.79 Å². The lowest BCUT2D eigenvalue weighted by Crippen LogP contribution is -2.17. The van der Waals surface area contributed by atoms with Gasteiger partial charge in [-0.15, -0.1) is 0 Å². The summed E-state index contributed by atoms with van der Waals surface area (Å²) in [6.07, 6.45) is 0. The Morgan fingerprint density at radius 2 is 1.83 bits per heavy atom. The Morgan fingerprint density at radius 1 is 1.33 bits per heavy atom. The van der Waals surface area contributed by atoms with Crippen molar-refractivity contribution in [2.45, 2.75) is 29.4 Å². The Morgan fingerprint density at radius 3 is 2.17 bits per heavy atom. The second kappa shape index (κ2) is 5.89. The largest absolute Gasteiger partial charge is 0.481 e. The molecule has 1 rings (SSSR count). The molecule has 1 unspecified atom stereocenters. The number of hydrogen-bond acceptors (Lipinski definition) is 2. The fourth-order valence-electron chi connectivity index (χ4n) is 1.69. The maximum absolute atomic E-state index is 12.6. The molecule has 0 aliphatic heterocycles. The van der Waals surface area contributed by atoms with Crippen molar-refractivity contribution in [3.63, 3.8) is 0 Å². The molecule has 0 bridgehead atoms. The molecule has 0 spiro atoms. The first-order chi connectivity index (χ1) is 8.20. The van der Waals surface area contributed by atoms with Gasteiger partial charge in [-0.2, -0.15) is 8.78 Å². The van der Waals surface area contributed by atoms with E-state index in [-0.39, 0.29) is 17.7 Å². The van der Waals surface area contributed by atoms with Crippen LogP contribution in [0.5, 0.6) is 0 Å². The highest BCUT2D eigenvalue weighted by Crippen LogP contribution is 2.39. The number of halogens is 3. The molecule has 1 aromatic carbocycles. The minimum Gasteiger partial charge on any atom is -0.481 e. The van der Waals surface area contributed by atoms with Crippen molar-refractivity contribution in [1.29, 1.82) is 0 Å². The first-order valence-electron chi connectivity index (χ1n) is 5.29. The van der Waals surface area contributed by atoms with Gasteiger partial charge in [0.05, 0.1) is 5.92 Å². The smallest absolute Gasteiger partial charge is 0.375 e. The Kier molecular flexibility index (Phi) is 4.99. The average Bonchev–Trinajstić information content (AvgIpc) is 2.17. The quantitative estimate of drug-likeness (QED) is 0.646. The van der Waals surface area contributed by atoms with E-state index in [1.54, 1.807) is 26.0 Å². The molecule has 6 heteroatoms. The SMILES string of the molecule is CC(C)C(C(=O)O)c1ccc(SC(F)(F)Cl)cc1. The number of carbonyl (C=O) groups is 1. The van der Waals surface area contributed by atoms with Crippen molar-refractivity contribution in [2.75, 3.05) is 0 Å². The van der Waals surface area contributed by atoms with Gasteiger partial charge in [0.15, 0.2) is 0 Å². The molecule has 18 heavy (non-hydrogen) atoms. The zero-order chi connectivity index (χ0) is 13.9. The standard InChI is InChI=1S/C12H13ClF2O2S/c1-7(2)10(11(16)17)8-3-5-9(6-4-8)18-12(13,14)15/h3-7,10H,1-2H3,(H,16,17). The molecule has 2 nitrogen and oxygen atoms in total. The van der Waals surface area contributed by atoms with Crippen LogP contribution in [0.2, 0.25) is 0 Å². The summed E-state index contributed by atoms with van der Waals surface area (Å²) in [4.78, 5) is 11.4. The first-order valence-corrected chi connectivity index (χ1v) is 6.48. The monoisotopic (exact) mass is 294 g/mol. The van der Waals surface area contributed by atoms with Gasteiger partial charge in [0, 0.05) is 4.90 Å². The van der Waals surface area contributed by atoms with Gasteiger partial charge in [0.2, 0.25) is 0 Å². The van der Waals surface area contributed by atoms with E-state index in [0.29, 0.717) is 10.5 Å². The molecule has 0 radical (unpaired) electrons. The molecule has 0 heterocycles. The van der Waals surface area contributed by atoms with E-state index >= 15 is 0 Å². The molecule has 0 fully saturated rings. The van der Waals surface area contributed by atoms with Crippen LogP contribution in [-0.4, -0.2) is 15.8 Å². The highest BCUT2D eigenvalue weighted by atomic mass is 35.5. The summed E-state index contributed by atoms with van der Waals surface area (Å²) in [5.41, 5.74) is 0.597. The predicted octanol–water partition coefficient (Wildman–Crippen LogP) is 4.39. The Hall–Kier alpha value is -0.810. The van der Waals surface area contributed by atoms with Crippen LogP contribution in [0.3, 0.4) is 0 Å². The van der Waals surface area contributed by atoms with Crippen LogP contribution in [0.1, 0.15) is 25.3 Å². The van der Waals surface area contributed by atoms with Crippen molar-refractivity contribution < 1.29 is 18.7 Å². The summed E-state index contributed by atoms with van der Waals surface area (Å²) < 4.78 is 21.8. The third-order valence-electron chi connectivity index (χ3n) is 2.41. The third kappa shape index (κ3) is 4.46. The van der Waals surface area contributed by atoms with Gasteiger partial charge in [0.1, 0.15) is 0 Å². The topological polar surface area (TPSA) is 37.3 Å². The fourth-order valence-corrected chi connectivity index (χ4v) is 2.50. The fraction of sp³-hybridized carbons (Fsp3) is 0.417. The Bertz CT molecular complexity index is 415. The Balaban J connectivity index is 2.91. The van der Waals surface area contributed by atoms with E-state index in [4.69, 9.17) is 16.7 Å². The molecule has 0 aromatic heterocycles. The number of hydrogen-bond donors (Lipinski definition) is 1. The summed E-state index contributed by atoms with van der Waals surface area (Å²) in [6.45, 7) is 3.60. The summed E-state index contributed by atoms with van der Waals surface area (Å²) in [7, 11) is 0. The van der Waals surface area contributed by atoms with Crippen LogP contribution in [-0.2, 0) is 4.79 Å². The molecule has 0 aliphatic rings. The van der Waals surface area contributed by atoms with Gasteiger partial charge in [0.25, 0.3) is 0 Å². The predicted molar refractivity (Wildman–Crippen MR) is 68.3 cm³/mol. The highest BCUT2D eigenvalue weighted by molar-refractivity contribution is 8.01. The zero-order valence-corrected chi connectivity index (χ0v) is 11.4. The van der Waals surface area contributed by atoms with Crippen LogP contribution in [0.15, 0.2) is 29.2 Å². The number of thioether (sulfide) groups is 1. The van der Waals surface area contributed by atoms with E-state index < -0.39 is 16.6 Å². The maximum atomic E-state index is 12.6. The maximum Gasteiger partial charge on any atom is 0.375 e. The van der Waals surface area contributed by atoms with Crippen molar-refractivity contribution >= 4 is 29.3 Å². The van der Waals surface area contributed by atoms with Gasteiger partial charge >= 0.3 is 10.7 Å². The minimum atomic E-state index is -3.36. The molecule has 0 saturated carbocycles. The van der Waals surface area contributed by atoms with Crippen LogP contribution in [0.25, 0.3) is 0 Å². The van der Waals surface area contributed by atoms with E-state index in [0.717, 1.165) is 0 Å². The van der Waals surface area contributed by atoms with Crippen LogP contribution in [0.4, 0.5) is 8.78 Å². The second-order valence-corrected chi connectivity index (χ2v) is 6.06. The lowest BCUT2D eigenvalue weighted by molar-refractivity contribution is -0.139. The molecule has 1 atom stereocenters. The molecule has 0 aliphatic carbocycles. The summed E-state index contributed by atoms with van der Waals surface area (Å²) in [5, 5.41) is 9.11. The third-order valence-corrected chi connectivity index (χ3v) is 3.38. The first kappa shape index (κ1) is 15.2. The van der Waals surface area contributed by atoms with Crippen LogP contribution < -0.4 is 0 Å². The number of aliphatic carboxylic acids is 1. The number of alkyl halides is 3. The van der Waals surface area contributed by atoms with Gasteiger partial charge in [-0.1, -0.05) is 26.0 Å². The number of benzene rings is 1. The normalized spacial score (nSPS) is 13.7. The number of carboxylic acid groups (broad SMARTS) is 1. The van der Waals surface area contributed by atoms with Gasteiger partial charge in [-0.25, -0.2) is 0 Å². The molecular weight excluding hydrogens is 282 g/mol. The molecule has 1 aromatic rings. The number of carboxylic acids is 1. The van der Waals surface area contributed by atoms with E-state index in [1.807, 2.05) is 0 Å². The summed E-state index contributed by atoms with van der Waals surface area (Å²) >= 11 is 5.03. The molecule has 0 amide bonds. The van der Waals surface area contributed by atoms with Crippen LogP contribution in [0, 0.1) is 5.92 Å². The van der Waals surface area contributed by atoms with E-state index in [2.05, 4.69) is 0 Å². The van der Waals surface area contributed by atoms with E-state index in [9.17, 15) is 13.6 Å². The minimum absolute atomic E-state index is 0.0736. The summed E-state index contributed by atoms with van der Waals surface area (Å²) in [5.74, 6) is -1.64. The van der Waals surface area contributed by atoms with Gasteiger partial charge < -0.3 is 5.11 Å². The lowest BCUT2D eigenvalue weighted by Gasteiger charge is -2.17. The van der Waals surface area contributed by atoms with Crippen molar-refractivity contribution in [3.05, 3.63) is 29.8 Å². The second-order valence-electron chi connectivity index (χ2n) is 4.18. The Labute approximate surface area is 113 Å². The lowest BCUT2D eigenvalue weighted by atomic mass is 9.89. The van der Waals surface area contributed by atoms with Crippen LogP contribution >= 0.6 is 23.4 Å². The summed E-state index contributed by atoms with van der Waals surface area (Å²) in [6, 6.07) is 6.00. The van der Waals surface area contributed by atoms with Crippen molar-refractivity contribution in [1.82, 2.24) is 0 Å². The zero-order valence-electron chi connectivity index (χ0n) is 9.86. The molecular formula is C12H13ClF2O2S. The number of rotatable bonds is 5. The van der Waals surface area contributed by atoms with Crippen molar-refractivity contribution in [2.24, 2.45) is 5.92 Å². The van der Waals surface area contributed by atoms with Gasteiger partial charge in [-0.05, 0) is 47.0 Å². The average molecular weight is 295 g/mol. The highest BCUT2D eigenvalue weighted by Gasteiger charge is 2.27. The molecule has 0 saturated heterocycles. The molecule has 100 valence electrons. The van der Waals surface area contributed by atoms with E-state index in [1.165, 1.54) is 12.1 Å².